The first-order valence-electron chi connectivity index (χ1n) is 2.85. The molecule has 10 heavy (non-hydrogen) atoms. The van der Waals surface area contributed by atoms with E-state index in [1.54, 1.807) is 6.92 Å². The molecule has 0 heterocycles. The summed E-state index contributed by atoms with van der Waals surface area (Å²) in [7, 11) is 1.44. The van der Waals surface area contributed by atoms with Gasteiger partial charge in [0.25, 0.3) is 0 Å². The van der Waals surface area contributed by atoms with Crippen molar-refractivity contribution >= 4 is 5.97 Å². The van der Waals surface area contributed by atoms with E-state index in [1.165, 1.54) is 7.11 Å². The van der Waals surface area contributed by atoms with Crippen molar-refractivity contribution < 1.29 is 14.3 Å². The highest BCUT2D eigenvalue weighted by Crippen LogP contribution is 1.77. The van der Waals surface area contributed by atoms with Crippen LogP contribution in [0, 0.1) is 11.8 Å². The van der Waals surface area contributed by atoms with Crippen LogP contribution in [0.4, 0.5) is 0 Å². The SMILES string of the molecule is CC#CCOC(=O)COC. The second-order valence-electron chi connectivity index (χ2n) is 1.52. The van der Waals surface area contributed by atoms with Crippen LogP contribution in [0.15, 0.2) is 0 Å². The van der Waals surface area contributed by atoms with Crippen LogP contribution in [-0.2, 0) is 14.3 Å². The third kappa shape index (κ3) is 5.13. The van der Waals surface area contributed by atoms with Crippen molar-refractivity contribution in [3.8, 4) is 11.8 Å². The van der Waals surface area contributed by atoms with Gasteiger partial charge in [0.15, 0.2) is 6.61 Å². The number of esters is 1. The average Bonchev–Trinajstić information content (AvgIpc) is 1.89. The van der Waals surface area contributed by atoms with Crippen LogP contribution in [0.2, 0.25) is 0 Å². The Morgan fingerprint density at radius 1 is 1.60 bits per heavy atom. The molecule has 0 rings (SSSR count). The Labute approximate surface area is 60.3 Å². The zero-order valence-corrected chi connectivity index (χ0v) is 6.14. The normalized spacial score (nSPS) is 7.80. The van der Waals surface area contributed by atoms with E-state index in [-0.39, 0.29) is 19.2 Å². The molecule has 0 aliphatic rings. The minimum atomic E-state index is -0.384. The molecule has 0 fully saturated rings. The van der Waals surface area contributed by atoms with E-state index in [4.69, 9.17) is 0 Å². The van der Waals surface area contributed by atoms with Crippen molar-refractivity contribution in [1.29, 1.82) is 0 Å². The molecule has 0 saturated heterocycles. The predicted octanol–water partition coefficient (Wildman–Crippen LogP) is 0.199. The van der Waals surface area contributed by atoms with Gasteiger partial charge in [0.2, 0.25) is 0 Å². The second kappa shape index (κ2) is 6.12. The number of ether oxygens (including phenoxy) is 2. The third-order valence-corrected chi connectivity index (χ3v) is 0.744. The minimum absolute atomic E-state index is 0.00854. The topological polar surface area (TPSA) is 35.5 Å². The Hall–Kier alpha value is -1.01. The fourth-order valence-electron chi connectivity index (χ4n) is 0.348. The number of hydrogen-bond donors (Lipinski definition) is 0. The van der Waals surface area contributed by atoms with Crippen LogP contribution >= 0.6 is 0 Å². The van der Waals surface area contributed by atoms with Crippen LogP contribution < -0.4 is 0 Å². The van der Waals surface area contributed by atoms with Gasteiger partial charge in [-0.25, -0.2) is 4.79 Å². The van der Waals surface area contributed by atoms with Crippen LogP contribution in [0.3, 0.4) is 0 Å². The monoisotopic (exact) mass is 142 g/mol. The highest BCUT2D eigenvalue weighted by Gasteiger charge is 1.97. The molecule has 0 aromatic carbocycles. The maximum atomic E-state index is 10.5. The van der Waals surface area contributed by atoms with Gasteiger partial charge in [0.05, 0.1) is 0 Å². The molecular formula is C7H10O3. The van der Waals surface area contributed by atoms with E-state index < -0.39 is 0 Å². The summed E-state index contributed by atoms with van der Waals surface area (Å²) in [6, 6.07) is 0. The average molecular weight is 142 g/mol. The third-order valence-electron chi connectivity index (χ3n) is 0.744. The van der Waals surface area contributed by atoms with Crippen LogP contribution in [-0.4, -0.2) is 26.3 Å². The van der Waals surface area contributed by atoms with E-state index in [9.17, 15) is 4.79 Å². The van der Waals surface area contributed by atoms with E-state index in [0.29, 0.717) is 0 Å². The molecule has 0 aromatic rings. The minimum Gasteiger partial charge on any atom is -0.451 e. The van der Waals surface area contributed by atoms with E-state index in [0.717, 1.165) is 0 Å². The van der Waals surface area contributed by atoms with Crippen molar-refractivity contribution in [2.45, 2.75) is 6.92 Å². The molecule has 3 heteroatoms. The van der Waals surface area contributed by atoms with Crippen LogP contribution in [0.1, 0.15) is 6.92 Å². The molecule has 0 N–H and O–H groups in total. The summed E-state index contributed by atoms with van der Waals surface area (Å²) < 4.78 is 9.10. The molecule has 0 spiro atoms. The lowest BCUT2D eigenvalue weighted by molar-refractivity contribution is -0.146. The molecule has 0 amide bonds. The Morgan fingerprint density at radius 2 is 2.30 bits per heavy atom. The molecule has 0 bridgehead atoms. The van der Waals surface area contributed by atoms with Crippen molar-refractivity contribution in [3.63, 3.8) is 0 Å². The van der Waals surface area contributed by atoms with Gasteiger partial charge in [0, 0.05) is 7.11 Å². The maximum absolute atomic E-state index is 10.5. The first-order chi connectivity index (χ1) is 4.81. The lowest BCUT2D eigenvalue weighted by Gasteiger charge is -1.96. The van der Waals surface area contributed by atoms with Gasteiger partial charge in [-0.1, -0.05) is 5.92 Å². The van der Waals surface area contributed by atoms with Gasteiger partial charge in [-0.2, -0.15) is 0 Å². The maximum Gasteiger partial charge on any atom is 0.333 e. The van der Waals surface area contributed by atoms with Gasteiger partial charge in [-0.3, -0.25) is 0 Å². The van der Waals surface area contributed by atoms with Gasteiger partial charge >= 0.3 is 5.97 Å². The molecule has 0 aliphatic heterocycles. The van der Waals surface area contributed by atoms with Gasteiger partial charge < -0.3 is 9.47 Å². The second-order valence-corrected chi connectivity index (χ2v) is 1.52. The van der Waals surface area contributed by atoms with E-state index in [1.807, 2.05) is 0 Å². The standard InChI is InChI=1S/C7H10O3/c1-3-4-5-10-7(8)6-9-2/h5-6H2,1-2H3. The first-order valence-corrected chi connectivity index (χ1v) is 2.85. The van der Waals surface area contributed by atoms with Gasteiger partial charge in [0.1, 0.15) is 6.61 Å². The largest absolute Gasteiger partial charge is 0.451 e. The smallest absolute Gasteiger partial charge is 0.333 e. The quantitative estimate of drug-likeness (QED) is 0.417. The molecule has 0 saturated carbocycles. The van der Waals surface area contributed by atoms with E-state index in [2.05, 4.69) is 21.3 Å². The number of methoxy groups -OCH3 is 1. The molecule has 0 aliphatic carbocycles. The Bertz CT molecular complexity index is 152. The first kappa shape index (κ1) is 8.99. The molecule has 0 unspecified atom stereocenters. The Kier molecular flexibility index (Phi) is 5.50. The molecule has 56 valence electrons. The molecular weight excluding hydrogens is 132 g/mol. The lowest BCUT2D eigenvalue weighted by atomic mass is 10.6. The summed E-state index contributed by atoms with van der Waals surface area (Å²) >= 11 is 0. The zero-order chi connectivity index (χ0) is 7.82. The number of carbonyl (C=O) groups excluding carboxylic acids is 1. The molecule has 3 nitrogen and oxygen atoms in total. The highest BCUT2D eigenvalue weighted by atomic mass is 16.6. The lowest BCUT2D eigenvalue weighted by Crippen LogP contribution is -2.10. The Morgan fingerprint density at radius 3 is 2.80 bits per heavy atom. The van der Waals surface area contributed by atoms with Crippen molar-refractivity contribution in [2.75, 3.05) is 20.3 Å². The highest BCUT2D eigenvalue weighted by molar-refractivity contribution is 5.70. The van der Waals surface area contributed by atoms with Crippen molar-refractivity contribution in [2.24, 2.45) is 0 Å². The molecule has 0 atom stereocenters. The molecule has 0 radical (unpaired) electrons. The number of rotatable bonds is 3. The van der Waals surface area contributed by atoms with Gasteiger partial charge in [-0.05, 0) is 6.92 Å². The van der Waals surface area contributed by atoms with Crippen LogP contribution in [0.5, 0.6) is 0 Å². The summed E-state index contributed by atoms with van der Waals surface area (Å²) in [5.41, 5.74) is 0. The summed E-state index contributed by atoms with van der Waals surface area (Å²) in [4.78, 5) is 10.5. The number of hydrogen-bond acceptors (Lipinski definition) is 3. The van der Waals surface area contributed by atoms with Crippen molar-refractivity contribution in [1.82, 2.24) is 0 Å². The number of carbonyl (C=O) groups is 1. The molecule has 0 aromatic heterocycles. The Balaban J connectivity index is 3.27. The fraction of sp³-hybridized carbons (Fsp3) is 0.571. The van der Waals surface area contributed by atoms with Crippen LogP contribution in [0.25, 0.3) is 0 Å². The summed E-state index contributed by atoms with van der Waals surface area (Å²) in [6.45, 7) is 1.83. The summed E-state index contributed by atoms with van der Waals surface area (Å²) in [5, 5.41) is 0. The summed E-state index contributed by atoms with van der Waals surface area (Å²) in [5.74, 6) is 4.80. The van der Waals surface area contributed by atoms with Crippen molar-refractivity contribution in [3.05, 3.63) is 0 Å². The van der Waals surface area contributed by atoms with E-state index >= 15 is 0 Å². The zero-order valence-electron chi connectivity index (χ0n) is 6.14. The fourth-order valence-corrected chi connectivity index (χ4v) is 0.348. The summed E-state index contributed by atoms with van der Waals surface area (Å²) in [6.07, 6.45) is 0. The van der Waals surface area contributed by atoms with Gasteiger partial charge in [-0.15, -0.1) is 5.92 Å². The predicted molar refractivity (Wildman–Crippen MR) is 36.3 cm³/mol.